The lowest BCUT2D eigenvalue weighted by Crippen LogP contribution is -2.14. The molecule has 0 atom stereocenters. The fourth-order valence-electron chi connectivity index (χ4n) is 1.72. The zero-order valence-corrected chi connectivity index (χ0v) is 12.4. The number of benzene rings is 1. The van der Waals surface area contributed by atoms with Crippen molar-refractivity contribution in [1.29, 1.82) is 0 Å². The lowest BCUT2D eigenvalue weighted by molar-refractivity contribution is 0.130. The zero-order chi connectivity index (χ0) is 14.5. The second-order valence-corrected chi connectivity index (χ2v) is 5.79. The Balaban J connectivity index is 2.75. The summed E-state index contributed by atoms with van der Waals surface area (Å²) >= 11 is 0. The fourth-order valence-corrected chi connectivity index (χ4v) is 2.56. The van der Waals surface area contributed by atoms with E-state index in [1.807, 2.05) is 13.8 Å². The van der Waals surface area contributed by atoms with Crippen LogP contribution >= 0.6 is 0 Å². The van der Waals surface area contributed by atoms with Crippen molar-refractivity contribution in [3.8, 4) is 5.75 Å². The summed E-state index contributed by atoms with van der Waals surface area (Å²) in [4.78, 5) is 0.145. The molecular formula is C13H21NO4S. The first-order valence-electron chi connectivity index (χ1n) is 6.21. The van der Waals surface area contributed by atoms with E-state index in [-0.39, 0.29) is 4.90 Å². The van der Waals surface area contributed by atoms with E-state index in [1.165, 1.54) is 6.07 Å². The van der Waals surface area contributed by atoms with Crippen LogP contribution in [0.2, 0.25) is 0 Å². The van der Waals surface area contributed by atoms with Gasteiger partial charge in [0, 0.05) is 19.6 Å². The quantitative estimate of drug-likeness (QED) is 0.775. The van der Waals surface area contributed by atoms with E-state index in [4.69, 9.17) is 14.6 Å². The second-order valence-electron chi connectivity index (χ2n) is 4.26. The van der Waals surface area contributed by atoms with Gasteiger partial charge in [0.1, 0.15) is 5.75 Å². The van der Waals surface area contributed by atoms with E-state index in [2.05, 4.69) is 0 Å². The highest BCUT2D eigenvalue weighted by Crippen LogP contribution is 2.26. The fraction of sp³-hybridized carbons (Fsp3) is 0.538. The molecule has 0 radical (unpaired) electrons. The molecule has 19 heavy (non-hydrogen) atoms. The molecule has 5 nitrogen and oxygen atoms in total. The molecule has 0 aromatic heterocycles. The molecule has 0 aliphatic heterocycles. The molecule has 108 valence electrons. The largest absolute Gasteiger partial charge is 0.493 e. The first-order valence-corrected chi connectivity index (χ1v) is 7.76. The summed E-state index contributed by atoms with van der Waals surface area (Å²) in [6, 6.07) is 3.12. The Labute approximate surface area is 114 Å². The molecule has 0 amide bonds. The van der Waals surface area contributed by atoms with Gasteiger partial charge in [-0.05, 0) is 44.0 Å². The van der Waals surface area contributed by atoms with Crippen molar-refractivity contribution < 1.29 is 17.9 Å². The summed E-state index contributed by atoms with van der Waals surface area (Å²) in [7, 11) is -3.68. The van der Waals surface area contributed by atoms with E-state index in [9.17, 15) is 8.42 Å². The van der Waals surface area contributed by atoms with Crippen LogP contribution in [0.5, 0.6) is 5.75 Å². The predicted octanol–water partition coefficient (Wildman–Crippen LogP) is 1.76. The minimum atomic E-state index is -3.68. The summed E-state index contributed by atoms with van der Waals surface area (Å²) in [5.41, 5.74) is 1.42. The van der Waals surface area contributed by atoms with E-state index in [0.29, 0.717) is 31.1 Å². The third-order valence-corrected chi connectivity index (χ3v) is 3.94. The van der Waals surface area contributed by atoms with Crippen LogP contribution in [0.1, 0.15) is 24.5 Å². The lowest BCUT2D eigenvalue weighted by atomic mass is 10.1. The van der Waals surface area contributed by atoms with Crippen molar-refractivity contribution in [1.82, 2.24) is 0 Å². The Kier molecular flexibility index (Phi) is 5.78. The number of hydrogen-bond donors (Lipinski definition) is 1. The van der Waals surface area contributed by atoms with E-state index in [1.54, 1.807) is 13.0 Å². The van der Waals surface area contributed by atoms with Crippen molar-refractivity contribution in [3.05, 3.63) is 23.3 Å². The number of sulfonamides is 1. The van der Waals surface area contributed by atoms with Gasteiger partial charge in [0.05, 0.1) is 11.5 Å². The van der Waals surface area contributed by atoms with Crippen molar-refractivity contribution in [3.63, 3.8) is 0 Å². The Bertz CT molecular complexity index is 526. The Hall–Kier alpha value is -1.11. The lowest BCUT2D eigenvalue weighted by Gasteiger charge is -2.13. The molecular weight excluding hydrogens is 266 g/mol. The average molecular weight is 287 g/mol. The van der Waals surface area contributed by atoms with Crippen molar-refractivity contribution >= 4 is 10.0 Å². The second kappa shape index (κ2) is 6.88. The molecule has 0 spiro atoms. The molecule has 1 rings (SSSR count). The number of rotatable bonds is 7. The number of primary sulfonamides is 1. The first-order chi connectivity index (χ1) is 8.88. The van der Waals surface area contributed by atoms with E-state index < -0.39 is 10.0 Å². The maximum Gasteiger partial charge on any atom is 0.238 e. The van der Waals surface area contributed by atoms with Crippen LogP contribution in [0.3, 0.4) is 0 Å². The predicted molar refractivity (Wildman–Crippen MR) is 73.9 cm³/mol. The molecule has 0 fully saturated rings. The molecule has 0 saturated heterocycles. The molecule has 0 bridgehead atoms. The molecule has 0 aliphatic rings. The van der Waals surface area contributed by atoms with Gasteiger partial charge in [-0.15, -0.1) is 0 Å². The summed E-state index contributed by atoms with van der Waals surface area (Å²) in [5, 5.41) is 5.15. The van der Waals surface area contributed by atoms with Gasteiger partial charge in [0.25, 0.3) is 0 Å². The van der Waals surface area contributed by atoms with Crippen LogP contribution in [0, 0.1) is 13.8 Å². The molecule has 6 heteroatoms. The summed E-state index contributed by atoms with van der Waals surface area (Å²) < 4.78 is 33.6. The van der Waals surface area contributed by atoms with E-state index in [0.717, 1.165) is 12.0 Å². The third kappa shape index (κ3) is 4.49. The van der Waals surface area contributed by atoms with Crippen LogP contribution in [-0.4, -0.2) is 28.2 Å². The Morgan fingerprint density at radius 1 is 1.16 bits per heavy atom. The van der Waals surface area contributed by atoms with Crippen LogP contribution < -0.4 is 9.88 Å². The van der Waals surface area contributed by atoms with Gasteiger partial charge in [0.15, 0.2) is 0 Å². The molecule has 0 aliphatic carbocycles. The van der Waals surface area contributed by atoms with Gasteiger partial charge < -0.3 is 9.47 Å². The minimum Gasteiger partial charge on any atom is -0.493 e. The summed E-state index contributed by atoms with van der Waals surface area (Å²) in [5.74, 6) is 0.682. The standard InChI is InChI=1S/C13H21NO4S/c1-4-17-8-5-9-18-12-6-7-13(19(14,15)16)11(3)10(12)2/h6-7H,4-5,8-9H2,1-3H3,(H2,14,15,16). The number of nitrogens with two attached hydrogens (primary N) is 1. The highest BCUT2D eigenvalue weighted by molar-refractivity contribution is 7.89. The number of hydrogen-bond acceptors (Lipinski definition) is 4. The maximum absolute atomic E-state index is 11.4. The van der Waals surface area contributed by atoms with Gasteiger partial charge in [-0.2, -0.15) is 0 Å². The summed E-state index contributed by atoms with van der Waals surface area (Å²) in [6.07, 6.45) is 0.795. The van der Waals surface area contributed by atoms with Crippen LogP contribution in [-0.2, 0) is 14.8 Å². The molecule has 0 saturated carbocycles. The molecule has 0 unspecified atom stereocenters. The SMILES string of the molecule is CCOCCCOc1ccc(S(N)(=O)=O)c(C)c1C. The smallest absolute Gasteiger partial charge is 0.238 e. The molecule has 0 heterocycles. The highest BCUT2D eigenvalue weighted by atomic mass is 32.2. The maximum atomic E-state index is 11.4. The summed E-state index contributed by atoms with van der Waals surface area (Å²) in [6.45, 7) is 7.38. The normalized spacial score (nSPS) is 11.6. The average Bonchev–Trinajstić information content (AvgIpc) is 2.32. The minimum absolute atomic E-state index is 0.145. The number of ether oxygens (including phenoxy) is 2. The van der Waals surface area contributed by atoms with Gasteiger partial charge in [0.2, 0.25) is 10.0 Å². The molecule has 1 aromatic rings. The van der Waals surface area contributed by atoms with E-state index >= 15 is 0 Å². The Morgan fingerprint density at radius 3 is 2.42 bits per heavy atom. The van der Waals surface area contributed by atoms with Crippen molar-refractivity contribution in [2.45, 2.75) is 32.1 Å². The highest BCUT2D eigenvalue weighted by Gasteiger charge is 2.15. The monoisotopic (exact) mass is 287 g/mol. The van der Waals surface area contributed by atoms with Gasteiger partial charge >= 0.3 is 0 Å². The van der Waals surface area contributed by atoms with Crippen LogP contribution in [0.25, 0.3) is 0 Å². The van der Waals surface area contributed by atoms with Crippen LogP contribution in [0.4, 0.5) is 0 Å². The molecule has 1 aromatic carbocycles. The van der Waals surface area contributed by atoms with Crippen molar-refractivity contribution in [2.24, 2.45) is 5.14 Å². The third-order valence-electron chi connectivity index (χ3n) is 2.89. The topological polar surface area (TPSA) is 78.6 Å². The van der Waals surface area contributed by atoms with Gasteiger partial charge in [-0.25, -0.2) is 13.6 Å². The van der Waals surface area contributed by atoms with Crippen molar-refractivity contribution in [2.75, 3.05) is 19.8 Å². The molecule has 2 N–H and O–H groups in total. The van der Waals surface area contributed by atoms with Gasteiger partial charge in [-0.1, -0.05) is 0 Å². The Morgan fingerprint density at radius 2 is 1.84 bits per heavy atom. The van der Waals surface area contributed by atoms with Gasteiger partial charge in [-0.3, -0.25) is 0 Å². The van der Waals surface area contributed by atoms with Crippen LogP contribution in [0.15, 0.2) is 17.0 Å². The first kappa shape index (κ1) is 15.9. The zero-order valence-electron chi connectivity index (χ0n) is 11.6.